The van der Waals surface area contributed by atoms with Crippen LogP contribution in [0, 0.1) is 0 Å². The molecule has 0 aliphatic carbocycles. The number of aliphatic carboxylic acids is 1. The third-order valence-electron chi connectivity index (χ3n) is 2.70. The van der Waals surface area contributed by atoms with Crippen molar-refractivity contribution in [1.29, 1.82) is 0 Å². The maximum Gasteiger partial charge on any atom is 0.305 e. The summed E-state index contributed by atoms with van der Waals surface area (Å²) in [5.41, 5.74) is 12.8. The van der Waals surface area contributed by atoms with Crippen molar-refractivity contribution >= 4 is 17.7 Å². The van der Waals surface area contributed by atoms with E-state index in [-0.39, 0.29) is 6.54 Å². The molecule has 21 heavy (non-hydrogen) atoms. The van der Waals surface area contributed by atoms with Gasteiger partial charge >= 0.3 is 5.97 Å². The molecular weight excluding hydrogens is 272 g/mol. The molecule has 0 aromatic heterocycles. The van der Waals surface area contributed by atoms with Crippen molar-refractivity contribution in [2.75, 3.05) is 0 Å². The van der Waals surface area contributed by atoms with Crippen molar-refractivity contribution in [1.82, 2.24) is 5.32 Å². The fourth-order valence-corrected chi connectivity index (χ4v) is 1.66. The molecule has 1 atom stereocenters. The van der Waals surface area contributed by atoms with Gasteiger partial charge in [0.05, 0.1) is 24.8 Å². The molecule has 0 unspecified atom stereocenters. The molecule has 114 valence electrons. The third kappa shape index (κ3) is 6.53. The number of nitrogens with two attached hydrogens (primary N) is 2. The van der Waals surface area contributed by atoms with Gasteiger partial charge in [-0.15, -0.1) is 0 Å². The standard InChI is InChI=1S/C14H20N4O3/c1-9(15)17-7-10-3-2-4-11(5-10)8-18-14(21)12(16)6-13(19)20/h2-5,12H,6-8,16H2,1H3,(H2,15,17)(H,18,21)(H,19,20)/t12-/m0/s1. The summed E-state index contributed by atoms with van der Waals surface area (Å²) >= 11 is 0. The summed E-state index contributed by atoms with van der Waals surface area (Å²) < 4.78 is 0. The van der Waals surface area contributed by atoms with Crippen LogP contribution in [0.15, 0.2) is 29.3 Å². The van der Waals surface area contributed by atoms with Gasteiger partial charge in [0, 0.05) is 6.54 Å². The molecule has 1 amide bonds. The average molecular weight is 292 g/mol. The molecule has 1 aromatic carbocycles. The van der Waals surface area contributed by atoms with Crippen LogP contribution in [0.5, 0.6) is 0 Å². The van der Waals surface area contributed by atoms with Crippen LogP contribution < -0.4 is 16.8 Å². The zero-order chi connectivity index (χ0) is 15.8. The van der Waals surface area contributed by atoms with Gasteiger partial charge in [-0.25, -0.2) is 0 Å². The van der Waals surface area contributed by atoms with Crippen LogP contribution in [0.1, 0.15) is 24.5 Å². The topological polar surface area (TPSA) is 131 Å². The first kappa shape index (κ1) is 16.6. The maximum atomic E-state index is 11.6. The summed E-state index contributed by atoms with van der Waals surface area (Å²) in [7, 11) is 0. The van der Waals surface area contributed by atoms with Crippen LogP contribution in [0.4, 0.5) is 0 Å². The molecule has 0 bridgehead atoms. The first-order valence-electron chi connectivity index (χ1n) is 6.48. The van der Waals surface area contributed by atoms with Gasteiger partial charge in [-0.3, -0.25) is 14.6 Å². The second-order valence-corrected chi connectivity index (χ2v) is 4.70. The van der Waals surface area contributed by atoms with Crippen LogP contribution in [-0.2, 0) is 22.7 Å². The Kier molecular flexibility index (Phi) is 6.35. The normalized spacial score (nSPS) is 12.8. The molecule has 6 N–H and O–H groups in total. The zero-order valence-corrected chi connectivity index (χ0v) is 11.9. The van der Waals surface area contributed by atoms with Crippen LogP contribution in [0.25, 0.3) is 0 Å². The number of carboxylic acid groups (broad SMARTS) is 1. The highest BCUT2D eigenvalue weighted by Crippen LogP contribution is 2.06. The monoisotopic (exact) mass is 292 g/mol. The van der Waals surface area contributed by atoms with Crippen molar-refractivity contribution in [3.05, 3.63) is 35.4 Å². The predicted octanol–water partition coefficient (Wildman–Crippen LogP) is -0.0181. The van der Waals surface area contributed by atoms with E-state index in [1.54, 1.807) is 6.92 Å². The Balaban J connectivity index is 2.55. The van der Waals surface area contributed by atoms with Crippen LogP contribution in [0.2, 0.25) is 0 Å². The molecule has 0 heterocycles. The van der Waals surface area contributed by atoms with E-state index < -0.39 is 24.3 Å². The van der Waals surface area contributed by atoms with Crippen LogP contribution >= 0.6 is 0 Å². The number of nitrogens with one attached hydrogen (secondary N) is 1. The molecule has 0 fully saturated rings. The molecule has 0 aliphatic heterocycles. The third-order valence-corrected chi connectivity index (χ3v) is 2.70. The highest BCUT2D eigenvalue weighted by Gasteiger charge is 2.16. The number of benzene rings is 1. The Morgan fingerprint density at radius 2 is 2.05 bits per heavy atom. The van der Waals surface area contributed by atoms with E-state index in [9.17, 15) is 9.59 Å². The number of hydrogen-bond acceptors (Lipinski definition) is 4. The first-order valence-corrected chi connectivity index (χ1v) is 6.48. The molecule has 7 nitrogen and oxygen atoms in total. The van der Waals surface area contributed by atoms with Crippen molar-refractivity contribution < 1.29 is 14.7 Å². The Morgan fingerprint density at radius 3 is 2.67 bits per heavy atom. The number of carboxylic acids is 1. The maximum absolute atomic E-state index is 11.6. The number of carbonyl (C=O) groups is 2. The molecule has 1 aromatic rings. The molecule has 1 rings (SSSR count). The summed E-state index contributed by atoms with van der Waals surface area (Å²) in [6.07, 6.45) is -0.392. The zero-order valence-electron chi connectivity index (χ0n) is 11.9. The predicted molar refractivity (Wildman–Crippen MR) is 79.5 cm³/mol. The van der Waals surface area contributed by atoms with E-state index in [2.05, 4.69) is 10.3 Å². The van der Waals surface area contributed by atoms with Crippen molar-refractivity contribution in [2.45, 2.75) is 32.5 Å². The van der Waals surface area contributed by atoms with Gasteiger partial charge in [0.2, 0.25) is 5.91 Å². The van der Waals surface area contributed by atoms with Gasteiger partial charge in [-0.2, -0.15) is 0 Å². The van der Waals surface area contributed by atoms with E-state index in [0.717, 1.165) is 11.1 Å². The lowest BCUT2D eigenvalue weighted by Gasteiger charge is -2.10. The van der Waals surface area contributed by atoms with E-state index in [4.69, 9.17) is 16.6 Å². The first-order chi connectivity index (χ1) is 9.88. The number of aliphatic imine (C=N–C) groups is 1. The van der Waals surface area contributed by atoms with Gasteiger partial charge in [0.25, 0.3) is 0 Å². The van der Waals surface area contributed by atoms with Crippen LogP contribution in [0.3, 0.4) is 0 Å². The fourth-order valence-electron chi connectivity index (χ4n) is 1.66. The Morgan fingerprint density at radius 1 is 1.38 bits per heavy atom. The largest absolute Gasteiger partial charge is 0.481 e. The van der Waals surface area contributed by atoms with Gasteiger partial charge in [-0.05, 0) is 18.1 Å². The molecule has 0 saturated carbocycles. The van der Waals surface area contributed by atoms with Gasteiger partial charge in [-0.1, -0.05) is 24.3 Å². The lowest BCUT2D eigenvalue weighted by Crippen LogP contribution is -2.41. The van der Waals surface area contributed by atoms with Gasteiger partial charge in [0.15, 0.2) is 0 Å². The highest BCUT2D eigenvalue weighted by molar-refractivity contribution is 5.85. The summed E-state index contributed by atoms with van der Waals surface area (Å²) in [6, 6.07) is 6.47. The summed E-state index contributed by atoms with van der Waals surface area (Å²) in [5.74, 6) is -1.08. The summed E-state index contributed by atoms with van der Waals surface area (Å²) in [4.78, 5) is 26.2. The summed E-state index contributed by atoms with van der Waals surface area (Å²) in [6.45, 7) is 2.47. The quantitative estimate of drug-likeness (QED) is 0.414. The number of hydrogen-bond donors (Lipinski definition) is 4. The molecule has 0 spiro atoms. The van der Waals surface area contributed by atoms with E-state index >= 15 is 0 Å². The van der Waals surface area contributed by atoms with Crippen LogP contribution in [-0.4, -0.2) is 28.9 Å². The second-order valence-electron chi connectivity index (χ2n) is 4.70. The van der Waals surface area contributed by atoms with Crippen molar-refractivity contribution in [3.63, 3.8) is 0 Å². The second kappa shape index (κ2) is 8.01. The van der Waals surface area contributed by atoms with Gasteiger partial charge in [0.1, 0.15) is 0 Å². The van der Waals surface area contributed by atoms with E-state index in [0.29, 0.717) is 12.4 Å². The number of amides is 1. The summed E-state index contributed by atoms with van der Waals surface area (Å²) in [5, 5.41) is 11.2. The van der Waals surface area contributed by atoms with E-state index in [1.165, 1.54) is 0 Å². The Hall–Kier alpha value is -2.41. The fraction of sp³-hybridized carbons (Fsp3) is 0.357. The Bertz CT molecular complexity index is 539. The minimum absolute atomic E-state index is 0.283. The number of rotatable bonds is 7. The van der Waals surface area contributed by atoms with Crippen molar-refractivity contribution in [2.24, 2.45) is 16.5 Å². The molecule has 0 aliphatic rings. The highest BCUT2D eigenvalue weighted by atomic mass is 16.4. The van der Waals surface area contributed by atoms with Crippen molar-refractivity contribution in [3.8, 4) is 0 Å². The minimum Gasteiger partial charge on any atom is -0.481 e. The number of nitrogens with zero attached hydrogens (tertiary/aromatic N) is 1. The molecule has 0 saturated heterocycles. The van der Waals surface area contributed by atoms with E-state index in [1.807, 2.05) is 24.3 Å². The number of carbonyl (C=O) groups excluding carboxylic acids is 1. The molecule has 7 heteroatoms. The lowest BCUT2D eigenvalue weighted by molar-refractivity contribution is -0.139. The lowest BCUT2D eigenvalue weighted by atomic mass is 10.1. The smallest absolute Gasteiger partial charge is 0.305 e. The molecular formula is C14H20N4O3. The van der Waals surface area contributed by atoms with Gasteiger partial charge < -0.3 is 21.9 Å². The average Bonchev–Trinajstić information content (AvgIpc) is 2.42. The number of amidine groups is 1. The SMILES string of the molecule is CC(N)=NCc1cccc(CNC(=O)[C@@H](N)CC(=O)O)c1. The molecule has 0 radical (unpaired) electrons. The minimum atomic E-state index is -1.10. The Labute approximate surface area is 123 Å².